The molecule has 9 nitrogen and oxygen atoms in total. The van der Waals surface area contributed by atoms with Crippen molar-refractivity contribution < 1.29 is 19.6 Å². The van der Waals surface area contributed by atoms with Gasteiger partial charge in [0.05, 0.1) is 11.1 Å². The SMILES string of the molecule is Cc1ccccc1NC(=O)CCC(=O)N/N=C/c1cc(Br)cc([N+](=O)[O-])c1O. The predicted octanol–water partition coefficient (Wildman–Crippen LogP) is 3.24. The molecule has 0 unspecified atom stereocenters. The van der Waals surface area contributed by atoms with E-state index in [-0.39, 0.29) is 24.3 Å². The highest BCUT2D eigenvalue weighted by Gasteiger charge is 2.17. The normalized spacial score (nSPS) is 10.6. The standard InChI is InChI=1S/C18H17BrN4O5/c1-11-4-2-3-5-14(11)21-16(24)6-7-17(25)22-20-10-12-8-13(19)9-15(18(12)26)23(27)28/h2-5,8-10,26H,6-7H2,1H3,(H,21,24)(H,22,25)/b20-10+. The molecule has 0 aliphatic rings. The smallest absolute Gasteiger partial charge is 0.312 e. The van der Waals surface area contributed by atoms with Crippen molar-refractivity contribution in [1.29, 1.82) is 0 Å². The highest BCUT2D eigenvalue weighted by molar-refractivity contribution is 9.10. The summed E-state index contributed by atoms with van der Waals surface area (Å²) >= 11 is 3.10. The molecule has 0 fully saturated rings. The molecular formula is C18H17BrN4O5. The third kappa shape index (κ3) is 5.88. The van der Waals surface area contributed by atoms with E-state index in [2.05, 4.69) is 31.8 Å². The lowest BCUT2D eigenvalue weighted by atomic mass is 10.2. The fourth-order valence-corrected chi connectivity index (χ4v) is 2.69. The van der Waals surface area contributed by atoms with Gasteiger partial charge in [-0.2, -0.15) is 5.10 Å². The van der Waals surface area contributed by atoms with Gasteiger partial charge in [0, 0.05) is 34.6 Å². The van der Waals surface area contributed by atoms with Gasteiger partial charge in [0.1, 0.15) is 0 Å². The van der Waals surface area contributed by atoms with Gasteiger partial charge in [0.15, 0.2) is 0 Å². The Hall–Kier alpha value is -3.27. The minimum absolute atomic E-state index is 0.0384. The van der Waals surface area contributed by atoms with Crippen LogP contribution in [0, 0.1) is 17.0 Å². The number of hydrogen-bond acceptors (Lipinski definition) is 6. The highest BCUT2D eigenvalue weighted by atomic mass is 79.9. The number of nitro groups is 1. The van der Waals surface area contributed by atoms with Gasteiger partial charge in [-0.1, -0.05) is 34.1 Å². The molecule has 2 amide bonds. The number of rotatable bonds is 7. The Morgan fingerprint density at radius 1 is 1.25 bits per heavy atom. The zero-order chi connectivity index (χ0) is 20.7. The van der Waals surface area contributed by atoms with Crippen molar-refractivity contribution in [2.24, 2.45) is 5.10 Å². The Labute approximate surface area is 168 Å². The van der Waals surface area contributed by atoms with Crippen molar-refractivity contribution >= 4 is 45.3 Å². The van der Waals surface area contributed by atoms with Gasteiger partial charge >= 0.3 is 5.69 Å². The van der Waals surface area contributed by atoms with Crippen LogP contribution in [0.25, 0.3) is 0 Å². The van der Waals surface area contributed by atoms with Gasteiger partial charge in [0.25, 0.3) is 0 Å². The third-order valence-corrected chi connectivity index (χ3v) is 4.13. The number of para-hydroxylation sites is 1. The molecule has 0 aliphatic carbocycles. The zero-order valence-corrected chi connectivity index (χ0v) is 16.4. The maximum atomic E-state index is 11.9. The lowest BCUT2D eigenvalue weighted by Gasteiger charge is -2.07. The Kier molecular flexibility index (Phi) is 7.21. The number of nitrogens with one attached hydrogen (secondary N) is 2. The van der Waals surface area contributed by atoms with Gasteiger partial charge < -0.3 is 10.4 Å². The molecule has 0 saturated carbocycles. The van der Waals surface area contributed by atoms with E-state index in [1.807, 2.05) is 19.1 Å². The second-order valence-electron chi connectivity index (χ2n) is 5.78. The van der Waals surface area contributed by atoms with Gasteiger partial charge in [-0.05, 0) is 24.6 Å². The molecule has 10 heteroatoms. The molecule has 0 radical (unpaired) electrons. The number of benzene rings is 2. The van der Waals surface area contributed by atoms with E-state index in [9.17, 15) is 24.8 Å². The fourth-order valence-electron chi connectivity index (χ4n) is 2.23. The number of hydrogen-bond donors (Lipinski definition) is 3. The van der Waals surface area contributed by atoms with Crippen LogP contribution in [-0.4, -0.2) is 28.1 Å². The summed E-state index contributed by atoms with van der Waals surface area (Å²) in [7, 11) is 0. The summed E-state index contributed by atoms with van der Waals surface area (Å²) in [5.74, 6) is -1.39. The summed E-state index contributed by atoms with van der Waals surface area (Å²) in [6.07, 6.45) is 0.946. The molecule has 0 aromatic heterocycles. The Morgan fingerprint density at radius 2 is 1.93 bits per heavy atom. The number of nitrogens with zero attached hydrogens (tertiary/aromatic N) is 2. The molecule has 0 atom stereocenters. The number of amides is 2. The summed E-state index contributed by atoms with van der Waals surface area (Å²) in [5.41, 5.74) is 3.36. The van der Waals surface area contributed by atoms with Gasteiger partial charge in [-0.3, -0.25) is 19.7 Å². The second kappa shape index (κ2) is 9.60. The third-order valence-electron chi connectivity index (χ3n) is 3.67. The first-order valence-corrected chi connectivity index (χ1v) is 8.91. The summed E-state index contributed by atoms with van der Waals surface area (Å²) in [6, 6.07) is 9.84. The quantitative estimate of drug-likeness (QED) is 0.339. The number of carbonyl (C=O) groups excluding carboxylic acids is 2. The predicted molar refractivity (Wildman–Crippen MR) is 107 cm³/mol. The molecule has 0 aliphatic heterocycles. The Balaban J connectivity index is 1.88. The number of hydrazone groups is 1. The maximum Gasteiger partial charge on any atom is 0.312 e. The topological polar surface area (TPSA) is 134 Å². The van der Waals surface area contributed by atoms with E-state index in [0.29, 0.717) is 10.2 Å². The largest absolute Gasteiger partial charge is 0.502 e. The maximum absolute atomic E-state index is 11.9. The van der Waals surface area contributed by atoms with Crippen molar-refractivity contribution in [2.45, 2.75) is 19.8 Å². The van der Waals surface area contributed by atoms with Crippen LogP contribution in [-0.2, 0) is 9.59 Å². The van der Waals surface area contributed by atoms with Crippen LogP contribution < -0.4 is 10.7 Å². The van der Waals surface area contributed by atoms with E-state index >= 15 is 0 Å². The van der Waals surface area contributed by atoms with Crippen molar-refractivity contribution in [3.05, 3.63) is 62.1 Å². The number of carbonyl (C=O) groups is 2. The molecular weight excluding hydrogens is 432 g/mol. The first kappa shape index (κ1) is 21.0. The second-order valence-corrected chi connectivity index (χ2v) is 6.69. The van der Waals surface area contributed by atoms with E-state index in [1.54, 1.807) is 12.1 Å². The minimum atomic E-state index is -0.733. The number of anilines is 1. The first-order valence-electron chi connectivity index (χ1n) is 8.12. The lowest BCUT2D eigenvalue weighted by molar-refractivity contribution is -0.385. The van der Waals surface area contributed by atoms with E-state index < -0.39 is 22.3 Å². The van der Waals surface area contributed by atoms with Crippen LogP contribution in [0.4, 0.5) is 11.4 Å². The summed E-state index contributed by atoms with van der Waals surface area (Å²) in [5, 5.41) is 27.1. The average Bonchev–Trinajstić information content (AvgIpc) is 2.64. The van der Waals surface area contributed by atoms with Crippen LogP contribution >= 0.6 is 15.9 Å². The summed E-state index contributed by atoms with van der Waals surface area (Å²) in [4.78, 5) is 33.9. The number of phenolic OH excluding ortho intramolecular Hbond substituents is 1. The fraction of sp³-hybridized carbons (Fsp3) is 0.167. The van der Waals surface area contributed by atoms with Gasteiger partial charge in [-0.15, -0.1) is 0 Å². The molecule has 2 rings (SSSR count). The molecule has 2 aromatic carbocycles. The molecule has 0 spiro atoms. The van der Waals surface area contributed by atoms with Crippen LogP contribution in [0.1, 0.15) is 24.0 Å². The van der Waals surface area contributed by atoms with Crippen molar-refractivity contribution in [2.75, 3.05) is 5.32 Å². The molecule has 0 saturated heterocycles. The monoisotopic (exact) mass is 448 g/mol. The summed E-state index contributed by atoms with van der Waals surface area (Å²) < 4.78 is 0.373. The number of nitro benzene ring substituents is 1. The van der Waals surface area contributed by atoms with Crippen LogP contribution in [0.2, 0.25) is 0 Å². The lowest BCUT2D eigenvalue weighted by Crippen LogP contribution is -2.20. The Morgan fingerprint density at radius 3 is 2.61 bits per heavy atom. The van der Waals surface area contributed by atoms with Crippen molar-refractivity contribution in [3.8, 4) is 5.75 Å². The Bertz CT molecular complexity index is 946. The average molecular weight is 449 g/mol. The molecule has 0 heterocycles. The summed E-state index contributed by atoms with van der Waals surface area (Å²) in [6.45, 7) is 1.86. The van der Waals surface area contributed by atoms with Crippen molar-refractivity contribution in [1.82, 2.24) is 5.43 Å². The number of aromatic hydroxyl groups is 1. The highest BCUT2D eigenvalue weighted by Crippen LogP contribution is 2.32. The molecule has 28 heavy (non-hydrogen) atoms. The molecule has 146 valence electrons. The van der Waals surface area contributed by atoms with Crippen LogP contribution in [0.15, 0.2) is 46.0 Å². The van der Waals surface area contributed by atoms with Crippen molar-refractivity contribution in [3.63, 3.8) is 0 Å². The zero-order valence-electron chi connectivity index (χ0n) is 14.8. The van der Waals surface area contributed by atoms with E-state index in [0.717, 1.165) is 17.8 Å². The first-order chi connectivity index (χ1) is 13.3. The number of aryl methyl sites for hydroxylation is 1. The van der Waals surface area contributed by atoms with Crippen LogP contribution in [0.3, 0.4) is 0 Å². The number of halogens is 1. The van der Waals surface area contributed by atoms with E-state index in [1.165, 1.54) is 6.07 Å². The minimum Gasteiger partial charge on any atom is -0.502 e. The van der Waals surface area contributed by atoms with Crippen LogP contribution in [0.5, 0.6) is 5.75 Å². The van der Waals surface area contributed by atoms with Gasteiger partial charge in [-0.25, -0.2) is 5.43 Å². The van der Waals surface area contributed by atoms with Gasteiger partial charge in [0.2, 0.25) is 17.6 Å². The van der Waals surface area contributed by atoms with E-state index in [4.69, 9.17) is 0 Å². The molecule has 2 aromatic rings. The molecule has 3 N–H and O–H groups in total. The molecule has 0 bridgehead atoms. The number of phenols is 1.